The maximum absolute atomic E-state index is 12.2. The zero-order chi connectivity index (χ0) is 18.2. The van der Waals surface area contributed by atoms with Crippen molar-refractivity contribution in [2.75, 3.05) is 6.61 Å². The van der Waals surface area contributed by atoms with E-state index in [4.69, 9.17) is 16.3 Å². The highest BCUT2D eigenvalue weighted by atomic mass is 35.5. The SMILES string of the molecule is CC[C@@H](NC(=O)CCCOc1ccc(Cl)cc1)c1ccc(C)cc1C. The van der Waals surface area contributed by atoms with Gasteiger partial charge in [0.1, 0.15) is 5.75 Å². The van der Waals surface area contributed by atoms with Gasteiger partial charge in [0.05, 0.1) is 12.6 Å². The van der Waals surface area contributed by atoms with Crippen molar-refractivity contribution >= 4 is 17.5 Å². The third kappa shape index (κ3) is 6.09. The summed E-state index contributed by atoms with van der Waals surface area (Å²) in [6.45, 7) is 6.78. The van der Waals surface area contributed by atoms with Gasteiger partial charge in [0, 0.05) is 11.4 Å². The van der Waals surface area contributed by atoms with Crippen molar-refractivity contribution in [3.63, 3.8) is 0 Å². The number of aryl methyl sites for hydroxylation is 2. The van der Waals surface area contributed by atoms with Gasteiger partial charge in [0.2, 0.25) is 5.91 Å². The van der Waals surface area contributed by atoms with Gasteiger partial charge in [-0.05, 0) is 62.1 Å². The van der Waals surface area contributed by atoms with Gasteiger partial charge in [-0.25, -0.2) is 0 Å². The van der Waals surface area contributed by atoms with Gasteiger partial charge in [-0.3, -0.25) is 4.79 Å². The molecule has 1 atom stereocenters. The minimum atomic E-state index is 0.0604. The molecule has 2 rings (SSSR count). The molecule has 1 amide bonds. The molecule has 0 aliphatic carbocycles. The summed E-state index contributed by atoms with van der Waals surface area (Å²) in [6, 6.07) is 13.7. The van der Waals surface area contributed by atoms with Crippen LogP contribution in [0.5, 0.6) is 5.75 Å². The van der Waals surface area contributed by atoms with Crippen molar-refractivity contribution < 1.29 is 9.53 Å². The van der Waals surface area contributed by atoms with Crippen molar-refractivity contribution in [3.8, 4) is 5.75 Å². The molecule has 0 aliphatic rings. The van der Waals surface area contributed by atoms with Crippen molar-refractivity contribution in [2.24, 2.45) is 0 Å². The smallest absolute Gasteiger partial charge is 0.220 e. The van der Waals surface area contributed by atoms with E-state index in [0.29, 0.717) is 24.5 Å². The Labute approximate surface area is 155 Å². The summed E-state index contributed by atoms with van der Waals surface area (Å²) in [7, 11) is 0. The van der Waals surface area contributed by atoms with Crippen molar-refractivity contribution in [1.29, 1.82) is 0 Å². The van der Waals surface area contributed by atoms with Crippen LogP contribution in [-0.2, 0) is 4.79 Å². The van der Waals surface area contributed by atoms with E-state index in [9.17, 15) is 4.79 Å². The highest BCUT2D eigenvalue weighted by molar-refractivity contribution is 6.30. The molecule has 0 bridgehead atoms. The zero-order valence-corrected chi connectivity index (χ0v) is 15.9. The summed E-state index contributed by atoms with van der Waals surface area (Å²) >= 11 is 5.84. The Hall–Kier alpha value is -2.00. The van der Waals surface area contributed by atoms with Crippen LogP contribution >= 0.6 is 11.6 Å². The molecule has 1 N–H and O–H groups in total. The average molecular weight is 360 g/mol. The Bertz CT molecular complexity index is 698. The molecule has 3 nitrogen and oxygen atoms in total. The number of carbonyl (C=O) groups is 1. The molecular formula is C21H26ClNO2. The van der Waals surface area contributed by atoms with E-state index in [1.807, 2.05) is 12.1 Å². The summed E-state index contributed by atoms with van der Waals surface area (Å²) in [6.07, 6.45) is 2.00. The first-order valence-electron chi connectivity index (χ1n) is 8.74. The molecule has 2 aromatic rings. The molecule has 0 aromatic heterocycles. The van der Waals surface area contributed by atoms with E-state index in [2.05, 4.69) is 44.3 Å². The number of rotatable bonds is 8. The van der Waals surface area contributed by atoms with Gasteiger partial charge in [-0.1, -0.05) is 42.3 Å². The second kappa shape index (κ2) is 9.47. The van der Waals surface area contributed by atoms with Gasteiger partial charge in [-0.15, -0.1) is 0 Å². The molecule has 0 radical (unpaired) electrons. The first kappa shape index (κ1) is 19.3. The quantitative estimate of drug-likeness (QED) is 0.642. The Morgan fingerprint density at radius 3 is 2.52 bits per heavy atom. The van der Waals surface area contributed by atoms with Crippen molar-refractivity contribution in [3.05, 3.63) is 64.2 Å². The number of hydrogen-bond donors (Lipinski definition) is 1. The minimum absolute atomic E-state index is 0.0604. The van der Waals surface area contributed by atoms with Crippen LogP contribution in [0.4, 0.5) is 0 Å². The van der Waals surface area contributed by atoms with E-state index in [0.717, 1.165) is 12.2 Å². The summed E-state index contributed by atoms with van der Waals surface area (Å²) < 4.78 is 5.62. The number of hydrogen-bond acceptors (Lipinski definition) is 2. The maximum Gasteiger partial charge on any atom is 0.220 e. The molecule has 134 valence electrons. The summed E-state index contributed by atoms with van der Waals surface area (Å²) in [5, 5.41) is 3.82. The Kier molecular flexibility index (Phi) is 7.32. The minimum Gasteiger partial charge on any atom is -0.494 e. The van der Waals surface area contributed by atoms with Crippen molar-refractivity contribution in [1.82, 2.24) is 5.32 Å². The number of ether oxygens (including phenoxy) is 1. The predicted molar refractivity (Wildman–Crippen MR) is 103 cm³/mol. The molecule has 2 aromatic carbocycles. The molecular weight excluding hydrogens is 334 g/mol. The second-order valence-corrected chi connectivity index (χ2v) is 6.73. The van der Waals surface area contributed by atoms with E-state index >= 15 is 0 Å². The topological polar surface area (TPSA) is 38.3 Å². The lowest BCUT2D eigenvalue weighted by molar-refractivity contribution is -0.122. The lowest BCUT2D eigenvalue weighted by atomic mass is 9.97. The number of carbonyl (C=O) groups excluding carboxylic acids is 1. The Balaban J connectivity index is 1.79. The van der Waals surface area contributed by atoms with Crippen LogP contribution in [0.3, 0.4) is 0 Å². The van der Waals surface area contributed by atoms with E-state index < -0.39 is 0 Å². The second-order valence-electron chi connectivity index (χ2n) is 6.29. The highest BCUT2D eigenvalue weighted by Crippen LogP contribution is 2.22. The van der Waals surface area contributed by atoms with Crippen molar-refractivity contribution in [2.45, 2.75) is 46.1 Å². The number of halogens is 1. The van der Waals surface area contributed by atoms with Crippen LogP contribution in [0.25, 0.3) is 0 Å². The van der Waals surface area contributed by atoms with Crippen LogP contribution in [0.2, 0.25) is 5.02 Å². The largest absolute Gasteiger partial charge is 0.494 e. The zero-order valence-electron chi connectivity index (χ0n) is 15.1. The normalized spacial score (nSPS) is 11.8. The van der Waals surface area contributed by atoms with Crippen LogP contribution in [0.1, 0.15) is 48.9 Å². The van der Waals surface area contributed by atoms with E-state index in [1.165, 1.54) is 16.7 Å². The summed E-state index contributed by atoms with van der Waals surface area (Å²) in [5.41, 5.74) is 3.65. The predicted octanol–water partition coefficient (Wildman–Crippen LogP) is 5.38. The van der Waals surface area contributed by atoms with E-state index in [1.54, 1.807) is 12.1 Å². The Morgan fingerprint density at radius 1 is 1.16 bits per heavy atom. The average Bonchev–Trinajstić information content (AvgIpc) is 2.58. The number of benzene rings is 2. The maximum atomic E-state index is 12.2. The summed E-state index contributed by atoms with van der Waals surface area (Å²) in [4.78, 5) is 12.2. The third-order valence-corrected chi connectivity index (χ3v) is 4.43. The van der Waals surface area contributed by atoms with Gasteiger partial charge in [-0.2, -0.15) is 0 Å². The van der Waals surface area contributed by atoms with Crippen LogP contribution in [0, 0.1) is 13.8 Å². The molecule has 0 aliphatic heterocycles. The fraction of sp³-hybridized carbons (Fsp3) is 0.381. The molecule has 0 saturated carbocycles. The summed E-state index contributed by atoms with van der Waals surface area (Å²) in [5.74, 6) is 0.832. The highest BCUT2D eigenvalue weighted by Gasteiger charge is 2.14. The first-order chi connectivity index (χ1) is 12.0. The molecule has 4 heteroatoms. The van der Waals surface area contributed by atoms with E-state index in [-0.39, 0.29) is 11.9 Å². The fourth-order valence-corrected chi connectivity index (χ4v) is 2.96. The van der Waals surface area contributed by atoms with Crippen LogP contribution in [0.15, 0.2) is 42.5 Å². The number of amides is 1. The third-order valence-electron chi connectivity index (χ3n) is 4.17. The number of nitrogens with one attached hydrogen (secondary N) is 1. The molecule has 0 fully saturated rings. The molecule has 0 unspecified atom stereocenters. The van der Waals surface area contributed by atoms with Crippen LogP contribution in [-0.4, -0.2) is 12.5 Å². The standard InChI is InChI=1S/C21H26ClNO2/c1-4-20(19-12-7-15(2)14-16(19)3)23-21(24)6-5-13-25-18-10-8-17(22)9-11-18/h7-12,14,20H,4-6,13H2,1-3H3,(H,23,24)/t20-/m1/s1. The molecule has 25 heavy (non-hydrogen) atoms. The lowest BCUT2D eigenvalue weighted by Gasteiger charge is -2.20. The first-order valence-corrected chi connectivity index (χ1v) is 9.12. The van der Waals surface area contributed by atoms with Gasteiger partial charge < -0.3 is 10.1 Å². The fourth-order valence-electron chi connectivity index (χ4n) is 2.84. The molecule has 0 saturated heterocycles. The molecule has 0 spiro atoms. The van der Waals surface area contributed by atoms with Gasteiger partial charge in [0.25, 0.3) is 0 Å². The van der Waals surface area contributed by atoms with Gasteiger partial charge in [0.15, 0.2) is 0 Å². The lowest BCUT2D eigenvalue weighted by Crippen LogP contribution is -2.28. The van der Waals surface area contributed by atoms with Gasteiger partial charge >= 0.3 is 0 Å². The monoisotopic (exact) mass is 359 g/mol. The van der Waals surface area contributed by atoms with Crippen LogP contribution < -0.4 is 10.1 Å². The molecule has 0 heterocycles. The Morgan fingerprint density at radius 2 is 1.88 bits per heavy atom.